The number of rotatable bonds is 2. The van der Waals surface area contributed by atoms with E-state index in [1.807, 2.05) is 18.2 Å². The minimum atomic E-state index is -0.934. The van der Waals surface area contributed by atoms with Gasteiger partial charge in [-0.15, -0.1) is 0 Å². The Balaban J connectivity index is 2.14. The third-order valence-corrected chi connectivity index (χ3v) is 3.20. The van der Waals surface area contributed by atoms with Crippen molar-refractivity contribution in [3.8, 4) is 0 Å². The van der Waals surface area contributed by atoms with Crippen molar-refractivity contribution in [1.82, 2.24) is 5.32 Å². The highest BCUT2D eigenvalue weighted by Crippen LogP contribution is 2.33. The van der Waals surface area contributed by atoms with Crippen LogP contribution < -0.4 is 5.32 Å². The highest BCUT2D eigenvalue weighted by atomic mass is 16.6. The molecule has 2 N–H and O–H groups in total. The van der Waals surface area contributed by atoms with Gasteiger partial charge in [0.05, 0.1) is 6.04 Å². The number of benzene rings is 1. The average Bonchev–Trinajstić information content (AvgIpc) is 2.63. The SMILES string of the molecule is CC(C)(C)OC(=O)N[C@@H]1Cc2ccccc2[C@H]1C(=O)O. The molecule has 1 aromatic rings. The quantitative estimate of drug-likeness (QED) is 0.869. The zero-order valence-corrected chi connectivity index (χ0v) is 11.8. The molecule has 0 heterocycles. The summed E-state index contributed by atoms with van der Waals surface area (Å²) < 4.78 is 5.18. The van der Waals surface area contributed by atoms with Gasteiger partial charge in [-0.25, -0.2) is 4.79 Å². The lowest BCUT2D eigenvalue weighted by molar-refractivity contribution is -0.139. The molecule has 0 saturated carbocycles. The van der Waals surface area contributed by atoms with Crippen LogP contribution in [0.2, 0.25) is 0 Å². The lowest BCUT2D eigenvalue weighted by atomic mass is 9.99. The summed E-state index contributed by atoms with van der Waals surface area (Å²) in [7, 11) is 0. The fourth-order valence-corrected chi connectivity index (χ4v) is 2.49. The van der Waals surface area contributed by atoms with E-state index in [0.717, 1.165) is 11.1 Å². The monoisotopic (exact) mass is 277 g/mol. The lowest BCUT2D eigenvalue weighted by Crippen LogP contribution is -2.43. The second-order valence-electron chi connectivity index (χ2n) is 5.97. The molecule has 0 spiro atoms. The van der Waals surface area contributed by atoms with Crippen molar-refractivity contribution >= 4 is 12.1 Å². The van der Waals surface area contributed by atoms with E-state index < -0.39 is 29.6 Å². The number of amides is 1. The van der Waals surface area contributed by atoms with Crippen molar-refractivity contribution in [1.29, 1.82) is 0 Å². The van der Waals surface area contributed by atoms with Crippen LogP contribution in [0.3, 0.4) is 0 Å². The Bertz CT molecular complexity index is 533. The molecule has 0 aromatic heterocycles. The topological polar surface area (TPSA) is 75.6 Å². The molecule has 5 heteroatoms. The Kier molecular flexibility index (Phi) is 3.70. The molecule has 0 bridgehead atoms. The summed E-state index contributed by atoms with van der Waals surface area (Å²) in [6.07, 6.45) is -0.0756. The maximum Gasteiger partial charge on any atom is 0.407 e. The van der Waals surface area contributed by atoms with Gasteiger partial charge in [0.15, 0.2) is 0 Å². The van der Waals surface area contributed by atoms with Gasteiger partial charge >= 0.3 is 12.1 Å². The summed E-state index contributed by atoms with van der Waals surface area (Å²) in [6.45, 7) is 5.31. The number of carbonyl (C=O) groups excluding carboxylic acids is 1. The Hall–Kier alpha value is -2.04. The summed E-state index contributed by atoms with van der Waals surface area (Å²) >= 11 is 0. The molecular formula is C15H19NO4. The van der Waals surface area contributed by atoms with Gasteiger partial charge in [0, 0.05) is 0 Å². The lowest BCUT2D eigenvalue weighted by Gasteiger charge is -2.23. The Morgan fingerprint density at radius 2 is 1.95 bits per heavy atom. The molecule has 1 aromatic carbocycles. The van der Waals surface area contributed by atoms with E-state index in [9.17, 15) is 14.7 Å². The van der Waals surface area contributed by atoms with Crippen LogP contribution in [0.25, 0.3) is 0 Å². The van der Waals surface area contributed by atoms with Crippen molar-refractivity contribution in [2.75, 3.05) is 0 Å². The minimum Gasteiger partial charge on any atom is -0.481 e. The van der Waals surface area contributed by atoms with Crippen LogP contribution in [0.5, 0.6) is 0 Å². The van der Waals surface area contributed by atoms with Crippen molar-refractivity contribution in [2.45, 2.75) is 44.8 Å². The summed E-state index contributed by atoms with van der Waals surface area (Å²) in [4.78, 5) is 23.3. The Morgan fingerprint density at radius 1 is 1.30 bits per heavy atom. The zero-order valence-electron chi connectivity index (χ0n) is 11.8. The van der Waals surface area contributed by atoms with Gasteiger partial charge < -0.3 is 15.2 Å². The number of aliphatic carboxylic acids is 1. The molecule has 2 atom stereocenters. The summed E-state index contributed by atoms with van der Waals surface area (Å²) in [5.74, 6) is -1.66. The minimum absolute atomic E-state index is 0.472. The van der Waals surface area contributed by atoms with E-state index >= 15 is 0 Å². The van der Waals surface area contributed by atoms with Crippen LogP contribution in [0.15, 0.2) is 24.3 Å². The molecule has 1 amide bonds. The average molecular weight is 277 g/mol. The van der Waals surface area contributed by atoms with Gasteiger partial charge in [0.25, 0.3) is 0 Å². The Morgan fingerprint density at radius 3 is 2.55 bits per heavy atom. The molecule has 0 aliphatic heterocycles. The summed E-state index contributed by atoms with van der Waals surface area (Å²) in [6, 6.07) is 6.89. The predicted octanol–water partition coefficient (Wildman–Crippen LogP) is 2.30. The van der Waals surface area contributed by atoms with Gasteiger partial charge in [-0.3, -0.25) is 4.79 Å². The number of alkyl carbamates (subject to hydrolysis) is 1. The number of carboxylic acid groups (broad SMARTS) is 1. The van der Waals surface area contributed by atoms with Crippen molar-refractivity contribution in [3.63, 3.8) is 0 Å². The first-order valence-electron chi connectivity index (χ1n) is 6.58. The highest BCUT2D eigenvalue weighted by molar-refractivity contribution is 5.80. The van der Waals surface area contributed by atoms with Crippen LogP contribution in [0.4, 0.5) is 4.79 Å². The van der Waals surface area contributed by atoms with E-state index in [-0.39, 0.29) is 0 Å². The largest absolute Gasteiger partial charge is 0.481 e. The molecule has 5 nitrogen and oxygen atoms in total. The smallest absolute Gasteiger partial charge is 0.407 e. The van der Waals surface area contributed by atoms with E-state index in [2.05, 4.69) is 5.32 Å². The number of carbonyl (C=O) groups is 2. The van der Waals surface area contributed by atoms with Crippen LogP contribution >= 0.6 is 0 Å². The number of hydrogen-bond donors (Lipinski definition) is 2. The second kappa shape index (κ2) is 5.15. The van der Waals surface area contributed by atoms with E-state index in [4.69, 9.17) is 4.74 Å². The fraction of sp³-hybridized carbons (Fsp3) is 0.467. The first kappa shape index (κ1) is 14.4. The third-order valence-electron chi connectivity index (χ3n) is 3.20. The van der Waals surface area contributed by atoms with Crippen molar-refractivity contribution in [3.05, 3.63) is 35.4 Å². The third kappa shape index (κ3) is 3.10. The van der Waals surface area contributed by atoms with E-state index in [1.54, 1.807) is 26.8 Å². The van der Waals surface area contributed by atoms with Gasteiger partial charge in [-0.1, -0.05) is 24.3 Å². The van der Waals surface area contributed by atoms with Gasteiger partial charge in [0.2, 0.25) is 0 Å². The molecule has 2 rings (SSSR count). The maximum atomic E-state index is 11.8. The van der Waals surface area contributed by atoms with E-state index in [0.29, 0.717) is 6.42 Å². The van der Waals surface area contributed by atoms with Gasteiger partial charge in [-0.05, 0) is 38.3 Å². The first-order valence-corrected chi connectivity index (χ1v) is 6.58. The highest BCUT2D eigenvalue weighted by Gasteiger charge is 2.38. The molecular weight excluding hydrogens is 258 g/mol. The van der Waals surface area contributed by atoms with Gasteiger partial charge in [-0.2, -0.15) is 0 Å². The zero-order chi connectivity index (χ0) is 14.9. The van der Waals surface area contributed by atoms with Gasteiger partial charge in [0.1, 0.15) is 11.5 Å². The summed E-state index contributed by atoms with van der Waals surface area (Å²) in [5, 5.41) is 12.1. The molecule has 1 aliphatic carbocycles. The van der Waals surface area contributed by atoms with Crippen molar-refractivity contribution in [2.24, 2.45) is 0 Å². The normalized spacial score (nSPS) is 21.1. The van der Waals surface area contributed by atoms with Crippen molar-refractivity contribution < 1.29 is 19.4 Å². The molecule has 0 fully saturated rings. The standard InChI is InChI=1S/C15H19NO4/c1-15(2,3)20-14(19)16-11-8-9-6-4-5-7-10(9)12(11)13(17)18/h4-7,11-12H,8H2,1-3H3,(H,16,19)(H,17,18)/t11-,12-/m1/s1. The second-order valence-corrected chi connectivity index (χ2v) is 5.97. The molecule has 20 heavy (non-hydrogen) atoms. The number of nitrogens with one attached hydrogen (secondary N) is 1. The fourth-order valence-electron chi connectivity index (χ4n) is 2.49. The molecule has 0 radical (unpaired) electrons. The van der Waals surface area contributed by atoms with E-state index in [1.165, 1.54) is 0 Å². The maximum absolute atomic E-state index is 11.8. The molecule has 1 aliphatic rings. The van der Waals surface area contributed by atoms with Crippen LogP contribution in [0, 0.1) is 0 Å². The van der Waals surface area contributed by atoms with Crippen LogP contribution in [-0.4, -0.2) is 28.8 Å². The van der Waals surface area contributed by atoms with Crippen LogP contribution in [0.1, 0.15) is 37.8 Å². The molecule has 108 valence electrons. The number of fused-ring (bicyclic) bond motifs is 1. The number of hydrogen-bond acceptors (Lipinski definition) is 3. The number of carboxylic acids is 1. The first-order chi connectivity index (χ1) is 9.28. The molecule has 0 unspecified atom stereocenters. The predicted molar refractivity (Wildman–Crippen MR) is 73.7 cm³/mol. The number of ether oxygens (including phenoxy) is 1. The summed E-state index contributed by atoms with van der Waals surface area (Å²) in [5.41, 5.74) is 1.12. The molecule has 0 saturated heterocycles. The van der Waals surface area contributed by atoms with Crippen LogP contribution in [-0.2, 0) is 16.0 Å². The Labute approximate surface area is 117 Å².